The zero-order chi connectivity index (χ0) is 30.4. The summed E-state index contributed by atoms with van der Waals surface area (Å²) in [4.78, 5) is 10.4. The summed E-state index contributed by atoms with van der Waals surface area (Å²) in [5, 5.41) is 12.3. The molecule has 0 unspecified atom stereocenters. The molecule has 0 amide bonds. The van der Waals surface area contributed by atoms with Crippen molar-refractivity contribution >= 4 is 66.5 Å². The minimum Gasteiger partial charge on any atom is -0.309 e. The van der Waals surface area contributed by atoms with Gasteiger partial charge in [0.2, 0.25) is 11.6 Å². The Morgan fingerprint density at radius 3 is 1.61 bits per heavy atom. The molecule has 6 aromatic carbocycles. The molecule has 0 saturated carbocycles. The number of hydrogen-bond acceptors (Lipinski definition) is 3. The summed E-state index contributed by atoms with van der Waals surface area (Å²) in [5.41, 5.74) is 10.4. The average molecular weight is 590 g/mol. The van der Waals surface area contributed by atoms with Crippen LogP contribution in [0.5, 0.6) is 0 Å². The van der Waals surface area contributed by atoms with Crippen molar-refractivity contribution in [2.24, 2.45) is 0 Å². The number of para-hydroxylation sites is 6. The van der Waals surface area contributed by atoms with Crippen molar-refractivity contribution in [2.45, 2.75) is 0 Å². The van der Waals surface area contributed by atoms with Crippen LogP contribution < -0.4 is 0 Å². The van der Waals surface area contributed by atoms with Gasteiger partial charge in [-0.25, -0.2) is 14.5 Å². The van der Waals surface area contributed by atoms with E-state index >= 15 is 0 Å². The van der Waals surface area contributed by atoms with E-state index in [9.17, 15) is 5.26 Å². The molecule has 4 aromatic heterocycles. The lowest BCUT2D eigenvalue weighted by atomic mass is 10.2. The monoisotopic (exact) mass is 589 g/mol. The summed E-state index contributed by atoms with van der Waals surface area (Å²) < 4.78 is 8.85. The summed E-state index contributed by atoms with van der Waals surface area (Å²) in [5.74, 6) is 1.40. The predicted octanol–water partition coefficient (Wildman–Crippen LogP) is 8.76. The fourth-order valence-electron chi connectivity index (χ4n) is 7.06. The molecule has 7 heteroatoms. The Kier molecular flexibility index (Phi) is 4.94. The zero-order valence-corrected chi connectivity index (χ0v) is 24.4. The van der Waals surface area contributed by atoms with Crippen molar-refractivity contribution < 1.29 is 0 Å². The van der Waals surface area contributed by atoms with Crippen LogP contribution in [0.25, 0.3) is 77.8 Å². The first-order valence-corrected chi connectivity index (χ1v) is 15.2. The summed E-state index contributed by atoms with van der Waals surface area (Å²) in [7, 11) is 0. The topological polar surface area (TPSA) is 68.2 Å². The number of rotatable bonds is 2. The molecule has 0 aliphatic heterocycles. The Bertz CT molecular complexity index is 2890. The fraction of sp³-hybridized carbons (Fsp3) is 0. The molecule has 0 radical (unpaired) electrons. The first-order valence-electron chi connectivity index (χ1n) is 15.2. The average Bonchev–Trinajstić information content (AvgIpc) is 3.76. The second-order valence-corrected chi connectivity index (χ2v) is 11.5. The highest BCUT2D eigenvalue weighted by atomic mass is 15.3. The standard InChI is InChI=1S/C39H23N7/c40-24-25-10-9-11-26(22-25)44-38-41-30-14-3-7-18-34(30)45(38)36-21-20-27(23-37(36)46-35-19-8-4-15-31(35)42-39(44)46)43-32-16-5-1-12-28(32)29-13-2-6-17-33(29)43/h1-23H. The second kappa shape index (κ2) is 9.18. The lowest BCUT2D eigenvalue weighted by molar-refractivity contribution is 1.03. The molecule has 0 fully saturated rings. The van der Waals surface area contributed by atoms with Gasteiger partial charge in [-0.3, -0.25) is 8.80 Å². The van der Waals surface area contributed by atoms with Crippen molar-refractivity contribution in [3.8, 4) is 17.4 Å². The highest BCUT2D eigenvalue weighted by Crippen LogP contribution is 2.35. The van der Waals surface area contributed by atoms with E-state index < -0.39 is 0 Å². The Balaban J connectivity index is 1.47. The van der Waals surface area contributed by atoms with E-state index in [4.69, 9.17) is 9.97 Å². The largest absolute Gasteiger partial charge is 0.309 e. The van der Waals surface area contributed by atoms with E-state index in [0.29, 0.717) is 17.1 Å². The van der Waals surface area contributed by atoms with Crippen LogP contribution in [0.1, 0.15) is 5.56 Å². The van der Waals surface area contributed by atoms with E-state index in [1.165, 1.54) is 10.8 Å². The third-order valence-electron chi connectivity index (χ3n) is 9.00. The number of aromatic nitrogens is 6. The lowest BCUT2D eigenvalue weighted by Crippen LogP contribution is -2.02. The van der Waals surface area contributed by atoms with Gasteiger partial charge < -0.3 is 4.57 Å². The zero-order valence-electron chi connectivity index (χ0n) is 24.4. The molecule has 10 rings (SSSR count). The van der Waals surface area contributed by atoms with Crippen molar-refractivity contribution in [3.63, 3.8) is 0 Å². The highest BCUT2D eigenvalue weighted by Gasteiger charge is 2.20. The van der Waals surface area contributed by atoms with Crippen LogP contribution >= 0.6 is 0 Å². The normalized spacial score (nSPS) is 11.9. The SMILES string of the molecule is N#Cc1cccc(-n2c3nc4ccccc4n3c3ccc(-n4c5ccccc5c5ccccc54)cc3n3c4ccccc4nc23)c1. The van der Waals surface area contributed by atoms with Crippen molar-refractivity contribution in [3.05, 3.63) is 145 Å². The van der Waals surface area contributed by atoms with Crippen LogP contribution in [0.15, 0.2) is 140 Å². The first-order chi connectivity index (χ1) is 22.8. The molecule has 214 valence electrons. The summed E-state index contributed by atoms with van der Waals surface area (Å²) in [6.07, 6.45) is 0. The number of nitrogens with zero attached hydrogens (tertiary/aromatic N) is 7. The van der Waals surface area contributed by atoms with Crippen molar-refractivity contribution in [2.75, 3.05) is 0 Å². The Morgan fingerprint density at radius 2 is 0.978 bits per heavy atom. The molecule has 7 nitrogen and oxygen atoms in total. The van der Waals surface area contributed by atoms with Crippen LogP contribution in [-0.2, 0) is 0 Å². The van der Waals surface area contributed by atoms with Crippen LogP contribution in [0.4, 0.5) is 0 Å². The maximum atomic E-state index is 9.84. The molecule has 0 aliphatic carbocycles. The van der Waals surface area contributed by atoms with Gasteiger partial charge in [-0.15, -0.1) is 0 Å². The van der Waals surface area contributed by atoms with Crippen LogP contribution in [-0.4, -0.2) is 27.9 Å². The van der Waals surface area contributed by atoms with E-state index in [1.807, 2.05) is 60.7 Å². The molecule has 46 heavy (non-hydrogen) atoms. The molecular formula is C39H23N7. The Morgan fingerprint density at radius 1 is 0.435 bits per heavy atom. The minimum atomic E-state index is 0.568. The first kappa shape index (κ1) is 24.8. The number of fused-ring (bicyclic) bond motifs is 12. The fourth-order valence-corrected chi connectivity index (χ4v) is 7.06. The van der Waals surface area contributed by atoms with Crippen molar-refractivity contribution in [1.82, 2.24) is 27.9 Å². The van der Waals surface area contributed by atoms with E-state index in [0.717, 1.165) is 55.5 Å². The van der Waals surface area contributed by atoms with Gasteiger partial charge in [-0.2, -0.15) is 5.26 Å². The second-order valence-electron chi connectivity index (χ2n) is 11.5. The molecule has 10 aromatic rings. The molecule has 0 spiro atoms. The highest BCUT2D eigenvalue weighted by molar-refractivity contribution is 6.09. The Hall–Kier alpha value is -6.65. The summed E-state index contributed by atoms with van der Waals surface area (Å²) >= 11 is 0. The number of hydrogen-bond donors (Lipinski definition) is 0. The van der Waals surface area contributed by atoms with E-state index in [2.05, 4.69) is 103 Å². The Labute approximate surface area is 261 Å². The predicted molar refractivity (Wildman–Crippen MR) is 184 cm³/mol. The third-order valence-corrected chi connectivity index (χ3v) is 9.00. The summed E-state index contributed by atoms with van der Waals surface area (Å²) in [6.45, 7) is 0. The molecule has 0 aliphatic rings. The maximum absolute atomic E-state index is 9.84. The van der Waals surface area contributed by atoms with Gasteiger partial charge in [-0.05, 0) is 72.8 Å². The molecule has 4 heterocycles. The van der Waals surface area contributed by atoms with Gasteiger partial charge in [0.1, 0.15) is 0 Å². The van der Waals surface area contributed by atoms with E-state index in [-0.39, 0.29) is 0 Å². The molecule has 0 atom stereocenters. The van der Waals surface area contributed by atoms with E-state index in [1.54, 1.807) is 0 Å². The van der Waals surface area contributed by atoms with Gasteiger partial charge in [0.05, 0.1) is 61.5 Å². The quantitative estimate of drug-likeness (QED) is 0.202. The minimum absolute atomic E-state index is 0.568. The summed E-state index contributed by atoms with van der Waals surface area (Å²) in [6, 6.07) is 50.1. The third kappa shape index (κ3) is 3.30. The van der Waals surface area contributed by atoms with Crippen LogP contribution in [0.2, 0.25) is 0 Å². The number of imidazole rings is 2. The van der Waals surface area contributed by atoms with Gasteiger partial charge in [-0.1, -0.05) is 66.7 Å². The molecule has 0 saturated heterocycles. The number of nitriles is 1. The van der Waals surface area contributed by atoms with Gasteiger partial charge in [0.25, 0.3) is 0 Å². The van der Waals surface area contributed by atoms with Crippen LogP contribution in [0.3, 0.4) is 0 Å². The smallest absolute Gasteiger partial charge is 0.223 e. The maximum Gasteiger partial charge on any atom is 0.223 e. The molecule has 0 bridgehead atoms. The van der Waals surface area contributed by atoms with Crippen molar-refractivity contribution in [1.29, 1.82) is 5.26 Å². The molecular weight excluding hydrogens is 566 g/mol. The van der Waals surface area contributed by atoms with Gasteiger partial charge in [0, 0.05) is 16.5 Å². The van der Waals surface area contributed by atoms with Gasteiger partial charge in [0.15, 0.2) is 0 Å². The lowest BCUT2D eigenvalue weighted by Gasteiger charge is -2.10. The van der Waals surface area contributed by atoms with Crippen LogP contribution in [0, 0.1) is 11.3 Å². The molecule has 0 N–H and O–H groups in total. The van der Waals surface area contributed by atoms with Gasteiger partial charge >= 0.3 is 0 Å². The number of benzene rings is 6.